The molecule has 308 valence electrons. The number of pyridine rings is 1. The van der Waals surface area contributed by atoms with Gasteiger partial charge in [-0.05, 0) is 68.9 Å². The SMILES string of the molecule is c1ccc(-c2nc(-c3ccc(-c4ccc(-c5ccc6ccccc6c5)nc4-c4ccccc4)cc3)nc(-c3ccc4c(c3)C3(c5ccccc5Oc5ccccc53)c3ccccc3-4)n2)cc1. The number of fused-ring (bicyclic) bond motifs is 10. The highest BCUT2D eigenvalue weighted by molar-refractivity contribution is 5.91. The van der Waals surface area contributed by atoms with Crippen LogP contribution in [0.3, 0.4) is 0 Å². The Balaban J connectivity index is 0.939. The van der Waals surface area contributed by atoms with E-state index >= 15 is 0 Å². The van der Waals surface area contributed by atoms with Crippen LogP contribution in [0.4, 0.5) is 0 Å². The number of aromatic nitrogens is 4. The summed E-state index contributed by atoms with van der Waals surface area (Å²) in [4.78, 5) is 20.9. The largest absolute Gasteiger partial charge is 0.457 e. The highest BCUT2D eigenvalue weighted by Gasteiger charge is 2.51. The second-order valence-electron chi connectivity index (χ2n) is 16.9. The molecule has 0 saturated carbocycles. The monoisotopic (exact) mass is 842 g/mol. The van der Waals surface area contributed by atoms with Crippen LogP contribution in [0.15, 0.2) is 231 Å². The van der Waals surface area contributed by atoms with Crippen LogP contribution in [0.5, 0.6) is 11.5 Å². The fourth-order valence-corrected chi connectivity index (χ4v) is 10.2. The highest BCUT2D eigenvalue weighted by Crippen LogP contribution is 2.62. The Morgan fingerprint density at radius 2 is 0.788 bits per heavy atom. The molecule has 2 aliphatic rings. The standard InChI is InChI=1S/C61H38N4O/c1-3-16-41(17-4-1)57-47(35-36-54(62-57)45-32-27-39-15-7-8-20-44(39)37-45)40-28-30-43(31-29-40)59-63-58(42-18-5-2-6-19-42)64-60(65-59)46-33-34-49-48-21-9-10-22-50(48)61(53(49)38-46)51-23-11-13-25-55(51)66-56-26-14-12-24-52(56)61/h1-38H. The molecule has 3 heterocycles. The van der Waals surface area contributed by atoms with E-state index in [1.165, 1.54) is 33.0 Å². The van der Waals surface area contributed by atoms with E-state index in [9.17, 15) is 0 Å². The number of rotatable bonds is 6. The van der Waals surface area contributed by atoms with Crippen LogP contribution in [0.1, 0.15) is 22.3 Å². The van der Waals surface area contributed by atoms with Crippen LogP contribution in [0, 0.1) is 0 Å². The smallest absolute Gasteiger partial charge is 0.164 e. The number of benzene rings is 9. The highest BCUT2D eigenvalue weighted by atomic mass is 16.5. The Hall–Kier alpha value is -8.80. The molecule has 13 rings (SSSR count). The van der Waals surface area contributed by atoms with Gasteiger partial charge in [0, 0.05) is 44.5 Å². The normalized spacial score (nSPS) is 12.8. The molecule has 0 N–H and O–H groups in total. The number of nitrogens with zero attached hydrogens (tertiary/aromatic N) is 4. The van der Waals surface area contributed by atoms with Gasteiger partial charge in [0.15, 0.2) is 17.5 Å². The fourth-order valence-electron chi connectivity index (χ4n) is 10.2. The van der Waals surface area contributed by atoms with Crippen LogP contribution in [-0.2, 0) is 5.41 Å². The van der Waals surface area contributed by atoms with E-state index < -0.39 is 5.41 Å². The minimum Gasteiger partial charge on any atom is -0.457 e. The molecule has 0 bridgehead atoms. The summed E-state index contributed by atoms with van der Waals surface area (Å²) in [7, 11) is 0. The summed E-state index contributed by atoms with van der Waals surface area (Å²) in [5.74, 6) is 3.52. The summed E-state index contributed by atoms with van der Waals surface area (Å²) in [6, 6.07) is 80.8. The van der Waals surface area contributed by atoms with Crippen LogP contribution in [0.25, 0.3) is 89.7 Å². The van der Waals surface area contributed by atoms with E-state index in [1.807, 2.05) is 36.4 Å². The van der Waals surface area contributed by atoms with Crippen LogP contribution >= 0.6 is 0 Å². The van der Waals surface area contributed by atoms with Crippen molar-refractivity contribution in [3.05, 3.63) is 253 Å². The summed E-state index contributed by atoms with van der Waals surface area (Å²) in [5, 5.41) is 2.40. The molecule has 2 aromatic heterocycles. The molecule has 5 heteroatoms. The third-order valence-corrected chi connectivity index (χ3v) is 13.2. The van der Waals surface area contributed by atoms with E-state index in [0.717, 1.165) is 73.0 Å². The van der Waals surface area contributed by atoms with Crippen LogP contribution in [0.2, 0.25) is 0 Å². The quantitative estimate of drug-likeness (QED) is 0.167. The molecule has 0 fully saturated rings. The zero-order valence-electron chi connectivity index (χ0n) is 35.6. The molecule has 5 nitrogen and oxygen atoms in total. The number of para-hydroxylation sites is 2. The van der Waals surface area contributed by atoms with Gasteiger partial charge in [0.1, 0.15) is 11.5 Å². The van der Waals surface area contributed by atoms with Gasteiger partial charge in [0.05, 0.1) is 16.8 Å². The maximum absolute atomic E-state index is 6.60. The summed E-state index contributed by atoms with van der Waals surface area (Å²) >= 11 is 0. The maximum Gasteiger partial charge on any atom is 0.164 e. The second kappa shape index (κ2) is 15.2. The Morgan fingerprint density at radius 1 is 0.288 bits per heavy atom. The third kappa shape index (κ3) is 6.01. The Kier molecular flexibility index (Phi) is 8.68. The molecular formula is C61H38N4O. The van der Waals surface area contributed by atoms with Gasteiger partial charge in [-0.2, -0.15) is 0 Å². The second-order valence-corrected chi connectivity index (χ2v) is 16.9. The van der Waals surface area contributed by atoms with Crippen molar-refractivity contribution >= 4 is 10.8 Å². The van der Waals surface area contributed by atoms with Gasteiger partial charge in [-0.3, -0.25) is 0 Å². The van der Waals surface area contributed by atoms with Gasteiger partial charge < -0.3 is 4.74 Å². The first kappa shape index (κ1) is 37.7. The van der Waals surface area contributed by atoms with Crippen molar-refractivity contribution in [3.8, 4) is 90.4 Å². The first-order chi connectivity index (χ1) is 32.7. The molecule has 1 aliphatic carbocycles. The van der Waals surface area contributed by atoms with Crippen LogP contribution < -0.4 is 4.74 Å². The van der Waals surface area contributed by atoms with Gasteiger partial charge >= 0.3 is 0 Å². The molecule has 66 heavy (non-hydrogen) atoms. The molecule has 0 radical (unpaired) electrons. The number of hydrogen-bond acceptors (Lipinski definition) is 5. The van der Waals surface area contributed by atoms with Crippen molar-refractivity contribution in [1.29, 1.82) is 0 Å². The van der Waals surface area contributed by atoms with E-state index in [-0.39, 0.29) is 0 Å². The van der Waals surface area contributed by atoms with Crippen molar-refractivity contribution in [2.75, 3.05) is 0 Å². The predicted octanol–water partition coefficient (Wildman–Crippen LogP) is 14.9. The lowest BCUT2D eigenvalue weighted by atomic mass is 9.66. The van der Waals surface area contributed by atoms with Crippen molar-refractivity contribution in [3.63, 3.8) is 0 Å². The summed E-state index contributed by atoms with van der Waals surface area (Å²) < 4.78 is 6.60. The van der Waals surface area contributed by atoms with Crippen molar-refractivity contribution in [2.24, 2.45) is 0 Å². The first-order valence-corrected chi connectivity index (χ1v) is 22.3. The van der Waals surface area contributed by atoms with Gasteiger partial charge in [-0.1, -0.05) is 200 Å². The predicted molar refractivity (Wildman–Crippen MR) is 265 cm³/mol. The molecule has 0 saturated heterocycles. The number of ether oxygens (including phenoxy) is 1. The van der Waals surface area contributed by atoms with E-state index in [2.05, 4.69) is 194 Å². The van der Waals surface area contributed by atoms with Crippen molar-refractivity contribution < 1.29 is 4.74 Å². The van der Waals surface area contributed by atoms with Gasteiger partial charge in [-0.15, -0.1) is 0 Å². The molecule has 1 aliphatic heterocycles. The Labute approximate surface area is 382 Å². The summed E-state index contributed by atoms with van der Waals surface area (Å²) in [5.41, 5.74) is 15.2. The molecular weight excluding hydrogens is 805 g/mol. The molecule has 9 aromatic carbocycles. The van der Waals surface area contributed by atoms with Gasteiger partial charge in [0.2, 0.25) is 0 Å². The average molecular weight is 843 g/mol. The average Bonchev–Trinajstić information content (AvgIpc) is 3.68. The number of hydrogen-bond donors (Lipinski definition) is 0. The third-order valence-electron chi connectivity index (χ3n) is 13.2. The van der Waals surface area contributed by atoms with E-state index in [4.69, 9.17) is 24.7 Å². The molecule has 0 amide bonds. The van der Waals surface area contributed by atoms with E-state index in [0.29, 0.717) is 17.5 Å². The minimum atomic E-state index is -0.609. The minimum absolute atomic E-state index is 0.596. The van der Waals surface area contributed by atoms with Crippen molar-refractivity contribution in [1.82, 2.24) is 19.9 Å². The fraction of sp³-hybridized carbons (Fsp3) is 0.0164. The van der Waals surface area contributed by atoms with Gasteiger partial charge in [-0.25, -0.2) is 19.9 Å². The molecule has 1 spiro atoms. The van der Waals surface area contributed by atoms with Crippen molar-refractivity contribution in [2.45, 2.75) is 5.41 Å². The summed E-state index contributed by atoms with van der Waals surface area (Å²) in [6.45, 7) is 0. The Bertz CT molecular complexity index is 3630. The lowest BCUT2D eigenvalue weighted by Crippen LogP contribution is -2.32. The van der Waals surface area contributed by atoms with Gasteiger partial charge in [0.25, 0.3) is 0 Å². The lowest BCUT2D eigenvalue weighted by molar-refractivity contribution is 0.436. The zero-order valence-corrected chi connectivity index (χ0v) is 35.6. The lowest BCUT2D eigenvalue weighted by Gasteiger charge is -2.39. The Morgan fingerprint density at radius 3 is 1.50 bits per heavy atom. The maximum atomic E-state index is 6.60. The first-order valence-electron chi connectivity index (χ1n) is 22.3. The van der Waals surface area contributed by atoms with Crippen LogP contribution in [-0.4, -0.2) is 19.9 Å². The molecule has 0 atom stereocenters. The summed E-state index contributed by atoms with van der Waals surface area (Å²) in [6.07, 6.45) is 0. The molecule has 11 aromatic rings. The van der Waals surface area contributed by atoms with E-state index in [1.54, 1.807) is 0 Å². The topological polar surface area (TPSA) is 60.8 Å². The zero-order chi connectivity index (χ0) is 43.6. The molecule has 0 unspecified atom stereocenters.